The zero-order chi connectivity index (χ0) is 28.1. The molecular formula is C31H38N2O6. The van der Waals surface area contributed by atoms with E-state index in [9.17, 15) is 14.7 Å². The van der Waals surface area contributed by atoms with Crippen molar-refractivity contribution in [3.8, 4) is 28.6 Å². The summed E-state index contributed by atoms with van der Waals surface area (Å²) < 4.78 is 18.9. The first-order valence-corrected chi connectivity index (χ1v) is 13.7. The summed E-state index contributed by atoms with van der Waals surface area (Å²) in [6.45, 7) is 9.20. The molecule has 1 aliphatic rings. The van der Waals surface area contributed by atoms with Gasteiger partial charge >= 0.3 is 5.97 Å². The van der Waals surface area contributed by atoms with Gasteiger partial charge in [0.15, 0.2) is 11.3 Å². The Morgan fingerprint density at radius 1 is 1.21 bits per heavy atom. The molecule has 0 saturated carbocycles. The Bertz CT molecular complexity index is 1380. The molecule has 1 aliphatic heterocycles. The van der Waals surface area contributed by atoms with Crippen molar-refractivity contribution < 1.29 is 24.1 Å². The molecule has 208 valence electrons. The molecule has 3 aromatic rings. The summed E-state index contributed by atoms with van der Waals surface area (Å²) in [5.74, 6) is -0.400. The highest BCUT2D eigenvalue weighted by Gasteiger charge is 2.37. The second-order valence-electron chi connectivity index (χ2n) is 10.2. The normalized spacial score (nSPS) is 14.3. The van der Waals surface area contributed by atoms with Gasteiger partial charge in [-0.2, -0.15) is 0 Å². The van der Waals surface area contributed by atoms with Crippen molar-refractivity contribution in [3.63, 3.8) is 0 Å². The maximum atomic E-state index is 13.9. The zero-order valence-corrected chi connectivity index (χ0v) is 23.5. The minimum atomic E-state index is -0.880. The van der Waals surface area contributed by atoms with Crippen LogP contribution in [0.25, 0.3) is 11.4 Å². The van der Waals surface area contributed by atoms with Gasteiger partial charge in [0, 0.05) is 17.5 Å². The fourth-order valence-corrected chi connectivity index (χ4v) is 4.99. The Kier molecular flexibility index (Phi) is 8.94. The summed E-state index contributed by atoms with van der Waals surface area (Å²) in [4.78, 5) is 31.7. The van der Waals surface area contributed by atoms with Crippen LogP contribution in [0.3, 0.4) is 0 Å². The summed E-state index contributed by atoms with van der Waals surface area (Å²) in [5, 5.41) is 11.5. The van der Waals surface area contributed by atoms with Crippen molar-refractivity contribution in [2.75, 3.05) is 20.3 Å². The van der Waals surface area contributed by atoms with Gasteiger partial charge < -0.3 is 23.9 Å². The van der Waals surface area contributed by atoms with Gasteiger partial charge in [-0.05, 0) is 24.3 Å². The van der Waals surface area contributed by atoms with Crippen LogP contribution < -0.4 is 15.0 Å². The minimum Gasteiger partial charge on any atom is -0.506 e. The van der Waals surface area contributed by atoms with Crippen LogP contribution in [0.4, 0.5) is 0 Å². The number of pyridine rings is 2. The highest BCUT2D eigenvalue weighted by Crippen LogP contribution is 2.46. The van der Waals surface area contributed by atoms with E-state index in [2.05, 4.69) is 13.8 Å². The van der Waals surface area contributed by atoms with E-state index in [4.69, 9.17) is 19.2 Å². The van der Waals surface area contributed by atoms with Crippen molar-refractivity contribution in [1.82, 2.24) is 9.55 Å². The van der Waals surface area contributed by atoms with E-state index in [0.717, 1.165) is 30.5 Å². The molecule has 1 N–H and O–H groups in total. The third kappa shape index (κ3) is 5.65. The van der Waals surface area contributed by atoms with Crippen LogP contribution in [0.5, 0.6) is 17.2 Å². The molecule has 3 heterocycles. The number of hydrogen-bond donors (Lipinski definition) is 1. The first-order valence-electron chi connectivity index (χ1n) is 13.7. The molecule has 8 heteroatoms. The van der Waals surface area contributed by atoms with Crippen molar-refractivity contribution >= 4 is 5.97 Å². The predicted octanol–water partition coefficient (Wildman–Crippen LogP) is 5.71. The SMILES string of the molecule is CCCCOc1cc2c(nc1CCC)-c1c(c(O)c(C(=O)OC)c(=O)n1Cc1ccccc1)C(C(C)C)CO2. The van der Waals surface area contributed by atoms with Crippen molar-refractivity contribution in [2.45, 2.75) is 65.8 Å². The molecule has 39 heavy (non-hydrogen) atoms. The van der Waals surface area contributed by atoms with Gasteiger partial charge in [0.05, 0.1) is 38.3 Å². The van der Waals surface area contributed by atoms with Gasteiger partial charge in [0.25, 0.3) is 5.56 Å². The lowest BCUT2D eigenvalue weighted by atomic mass is 9.85. The maximum Gasteiger partial charge on any atom is 0.347 e. The summed E-state index contributed by atoms with van der Waals surface area (Å²) >= 11 is 0. The highest BCUT2D eigenvalue weighted by atomic mass is 16.5. The fraction of sp³-hybridized carbons (Fsp3) is 0.452. The van der Waals surface area contributed by atoms with Crippen LogP contribution in [-0.4, -0.2) is 41.0 Å². The zero-order valence-electron chi connectivity index (χ0n) is 23.5. The molecule has 1 unspecified atom stereocenters. The van der Waals surface area contributed by atoms with Gasteiger partial charge in [0.2, 0.25) is 0 Å². The van der Waals surface area contributed by atoms with Crippen LogP contribution in [0.15, 0.2) is 41.2 Å². The minimum absolute atomic E-state index is 0.0209. The van der Waals surface area contributed by atoms with E-state index in [1.807, 2.05) is 50.2 Å². The summed E-state index contributed by atoms with van der Waals surface area (Å²) in [5.41, 5.74) is 1.99. The second-order valence-corrected chi connectivity index (χ2v) is 10.2. The Hall–Kier alpha value is -3.81. The predicted molar refractivity (Wildman–Crippen MR) is 150 cm³/mol. The molecular weight excluding hydrogens is 496 g/mol. The molecule has 4 rings (SSSR count). The fourth-order valence-electron chi connectivity index (χ4n) is 4.99. The number of aromatic hydroxyl groups is 1. The third-order valence-corrected chi connectivity index (χ3v) is 7.14. The van der Waals surface area contributed by atoms with Crippen LogP contribution in [0.2, 0.25) is 0 Å². The average Bonchev–Trinajstić information content (AvgIpc) is 3.09. The van der Waals surface area contributed by atoms with Crippen LogP contribution >= 0.6 is 0 Å². The lowest BCUT2D eigenvalue weighted by Gasteiger charge is -2.25. The number of methoxy groups -OCH3 is 1. The first-order chi connectivity index (χ1) is 18.8. The first kappa shape index (κ1) is 28.2. The van der Waals surface area contributed by atoms with Crippen LogP contribution in [0.1, 0.15) is 80.1 Å². The molecule has 0 bridgehead atoms. The smallest absolute Gasteiger partial charge is 0.347 e. The molecule has 2 aromatic heterocycles. The number of carbonyl (C=O) groups is 1. The number of carbonyl (C=O) groups excluding carboxylic acids is 1. The molecule has 1 atom stereocenters. The number of benzene rings is 1. The lowest BCUT2D eigenvalue weighted by molar-refractivity contribution is 0.0594. The van der Waals surface area contributed by atoms with Gasteiger partial charge in [0.1, 0.15) is 17.2 Å². The number of ether oxygens (including phenoxy) is 3. The Morgan fingerprint density at radius 3 is 2.59 bits per heavy atom. The molecule has 8 nitrogen and oxygen atoms in total. The average molecular weight is 535 g/mol. The summed E-state index contributed by atoms with van der Waals surface area (Å²) in [7, 11) is 1.20. The summed E-state index contributed by atoms with van der Waals surface area (Å²) in [6.07, 6.45) is 3.45. The van der Waals surface area contributed by atoms with E-state index in [0.29, 0.717) is 41.5 Å². The van der Waals surface area contributed by atoms with Crippen LogP contribution in [-0.2, 0) is 17.7 Å². The van der Waals surface area contributed by atoms with Crippen molar-refractivity contribution in [2.24, 2.45) is 5.92 Å². The number of esters is 1. The number of hydrogen-bond acceptors (Lipinski definition) is 7. The number of nitrogens with zero attached hydrogens (tertiary/aromatic N) is 2. The van der Waals surface area contributed by atoms with E-state index < -0.39 is 11.5 Å². The second kappa shape index (κ2) is 12.4. The number of aryl methyl sites for hydroxylation is 1. The molecule has 0 aliphatic carbocycles. The largest absolute Gasteiger partial charge is 0.506 e. The number of aromatic nitrogens is 2. The van der Waals surface area contributed by atoms with E-state index in [1.165, 1.54) is 11.7 Å². The summed E-state index contributed by atoms with van der Waals surface area (Å²) in [6, 6.07) is 11.4. The van der Waals surface area contributed by atoms with Crippen molar-refractivity contribution in [3.05, 3.63) is 69.1 Å². The quantitative estimate of drug-likeness (QED) is 0.262. The Morgan fingerprint density at radius 2 is 1.95 bits per heavy atom. The molecule has 0 radical (unpaired) electrons. The van der Waals surface area contributed by atoms with Crippen LogP contribution in [0, 0.1) is 5.92 Å². The topological polar surface area (TPSA) is 99.9 Å². The molecule has 0 amide bonds. The van der Waals surface area contributed by atoms with Gasteiger partial charge in [-0.1, -0.05) is 70.9 Å². The number of rotatable bonds is 10. The third-order valence-electron chi connectivity index (χ3n) is 7.14. The van der Waals surface area contributed by atoms with E-state index in [1.54, 1.807) is 0 Å². The highest BCUT2D eigenvalue weighted by molar-refractivity contribution is 5.94. The van der Waals surface area contributed by atoms with Gasteiger partial charge in [-0.25, -0.2) is 9.78 Å². The molecule has 0 spiro atoms. The maximum absolute atomic E-state index is 13.9. The standard InChI is InChI=1S/C31H38N2O6/c1-6-8-15-38-23-16-24-27(32-22(23)12-7-2)28-25(21(18-39-24)19(3)4)29(34)26(31(36)37-5)30(35)33(28)17-20-13-10-9-11-14-20/h9-11,13-14,16,19,21,34H,6-8,12,15,17-18H2,1-5H3. The lowest BCUT2D eigenvalue weighted by Crippen LogP contribution is -2.31. The Balaban J connectivity index is 2.08. The van der Waals surface area contributed by atoms with E-state index in [-0.39, 0.29) is 36.3 Å². The molecule has 0 fully saturated rings. The number of fused-ring (bicyclic) bond motifs is 3. The number of unbranched alkanes of at least 4 members (excludes halogenated alkanes) is 1. The Labute approximate surface area is 229 Å². The monoisotopic (exact) mass is 534 g/mol. The van der Waals surface area contributed by atoms with Gasteiger partial charge in [-0.15, -0.1) is 0 Å². The van der Waals surface area contributed by atoms with E-state index >= 15 is 0 Å². The van der Waals surface area contributed by atoms with Crippen molar-refractivity contribution in [1.29, 1.82) is 0 Å². The molecule has 1 aromatic carbocycles. The van der Waals surface area contributed by atoms with Gasteiger partial charge in [-0.3, -0.25) is 4.79 Å². The molecule has 0 saturated heterocycles.